The van der Waals surface area contributed by atoms with Crippen LogP contribution in [-0.2, 0) is 9.59 Å². The monoisotopic (exact) mass is 373 g/mol. The Kier molecular flexibility index (Phi) is 5.39. The summed E-state index contributed by atoms with van der Waals surface area (Å²) in [6, 6.07) is 6.75. The standard InChI is InChI=1S/C20H27N3O4/c1-20(2,3)27-15-6-4-14(5-7-15)18(25)22-10-12-23(13-11-22)19(26)16-8-9-17(24)21-16/h4-7,16H,8-13H2,1-3H3,(H,21,24). The van der Waals surface area contributed by atoms with E-state index in [0.717, 1.165) is 5.75 Å². The van der Waals surface area contributed by atoms with E-state index in [-0.39, 0.29) is 23.3 Å². The first kappa shape index (κ1) is 19.2. The molecule has 1 atom stereocenters. The van der Waals surface area contributed by atoms with Crippen molar-refractivity contribution in [1.82, 2.24) is 15.1 Å². The molecule has 7 heteroatoms. The minimum absolute atomic E-state index is 0.0430. The molecule has 2 fully saturated rings. The highest BCUT2D eigenvalue weighted by Gasteiger charge is 2.33. The van der Waals surface area contributed by atoms with Crippen molar-refractivity contribution in [3.05, 3.63) is 29.8 Å². The van der Waals surface area contributed by atoms with Gasteiger partial charge in [-0.3, -0.25) is 14.4 Å². The molecule has 1 aromatic rings. The first-order valence-electron chi connectivity index (χ1n) is 9.39. The lowest BCUT2D eigenvalue weighted by Gasteiger charge is -2.36. The van der Waals surface area contributed by atoms with Crippen LogP contribution in [0.15, 0.2) is 24.3 Å². The van der Waals surface area contributed by atoms with Crippen molar-refractivity contribution >= 4 is 17.7 Å². The van der Waals surface area contributed by atoms with Crippen LogP contribution in [0.25, 0.3) is 0 Å². The van der Waals surface area contributed by atoms with Crippen LogP contribution in [0.3, 0.4) is 0 Å². The van der Waals surface area contributed by atoms with Crippen LogP contribution < -0.4 is 10.1 Å². The summed E-state index contributed by atoms with van der Waals surface area (Å²) in [4.78, 5) is 39.9. The van der Waals surface area contributed by atoms with Crippen LogP contribution in [0.1, 0.15) is 44.0 Å². The molecule has 3 rings (SSSR count). The number of nitrogens with one attached hydrogen (secondary N) is 1. The van der Waals surface area contributed by atoms with Gasteiger partial charge in [-0.15, -0.1) is 0 Å². The summed E-state index contributed by atoms with van der Waals surface area (Å²) in [5, 5.41) is 2.71. The number of carbonyl (C=O) groups excluding carboxylic acids is 3. The van der Waals surface area contributed by atoms with E-state index in [1.54, 1.807) is 34.1 Å². The smallest absolute Gasteiger partial charge is 0.253 e. The second-order valence-electron chi connectivity index (χ2n) is 8.02. The molecule has 0 aromatic heterocycles. The predicted octanol–water partition coefficient (Wildman–Crippen LogP) is 1.43. The minimum Gasteiger partial charge on any atom is -0.488 e. The maximum atomic E-state index is 12.7. The van der Waals surface area contributed by atoms with Gasteiger partial charge in [-0.05, 0) is 51.5 Å². The zero-order valence-electron chi connectivity index (χ0n) is 16.2. The molecule has 27 heavy (non-hydrogen) atoms. The maximum Gasteiger partial charge on any atom is 0.253 e. The number of piperazine rings is 1. The summed E-state index contributed by atoms with van der Waals surface area (Å²) in [7, 11) is 0. The summed E-state index contributed by atoms with van der Waals surface area (Å²) >= 11 is 0. The van der Waals surface area contributed by atoms with E-state index < -0.39 is 6.04 Å². The number of hydrogen-bond acceptors (Lipinski definition) is 4. The third-order valence-corrected chi connectivity index (χ3v) is 4.70. The minimum atomic E-state index is -0.407. The third-order valence-electron chi connectivity index (χ3n) is 4.70. The fourth-order valence-corrected chi connectivity index (χ4v) is 3.35. The third kappa shape index (κ3) is 4.78. The van der Waals surface area contributed by atoms with Gasteiger partial charge in [0.25, 0.3) is 5.91 Å². The highest BCUT2D eigenvalue weighted by molar-refractivity contribution is 5.95. The average molecular weight is 373 g/mol. The molecule has 146 valence electrons. The molecular weight excluding hydrogens is 346 g/mol. The van der Waals surface area contributed by atoms with Gasteiger partial charge >= 0.3 is 0 Å². The van der Waals surface area contributed by atoms with Gasteiger partial charge in [0.2, 0.25) is 11.8 Å². The molecule has 0 radical (unpaired) electrons. The number of carbonyl (C=O) groups is 3. The highest BCUT2D eigenvalue weighted by atomic mass is 16.5. The molecule has 0 aliphatic carbocycles. The molecule has 2 saturated heterocycles. The molecule has 1 N–H and O–H groups in total. The van der Waals surface area contributed by atoms with Crippen LogP contribution in [0, 0.1) is 0 Å². The van der Waals surface area contributed by atoms with Crippen molar-refractivity contribution in [3.63, 3.8) is 0 Å². The Morgan fingerprint density at radius 1 is 1.04 bits per heavy atom. The molecule has 7 nitrogen and oxygen atoms in total. The molecule has 2 heterocycles. The second-order valence-corrected chi connectivity index (χ2v) is 8.02. The predicted molar refractivity (Wildman–Crippen MR) is 100 cm³/mol. The van der Waals surface area contributed by atoms with Crippen LogP contribution in [-0.4, -0.2) is 65.3 Å². The molecular formula is C20H27N3O4. The van der Waals surface area contributed by atoms with Gasteiger partial charge in [0.15, 0.2) is 0 Å². The van der Waals surface area contributed by atoms with Crippen molar-refractivity contribution in [2.24, 2.45) is 0 Å². The Labute approximate surface area is 159 Å². The number of rotatable bonds is 3. The lowest BCUT2D eigenvalue weighted by Crippen LogP contribution is -2.54. The molecule has 2 aliphatic rings. The van der Waals surface area contributed by atoms with Crippen molar-refractivity contribution in [2.45, 2.75) is 45.3 Å². The first-order chi connectivity index (χ1) is 12.7. The molecule has 1 aromatic carbocycles. The van der Waals surface area contributed by atoms with E-state index in [9.17, 15) is 14.4 Å². The van der Waals surface area contributed by atoms with Gasteiger partial charge in [-0.25, -0.2) is 0 Å². The Bertz CT molecular complexity index is 716. The Hall–Kier alpha value is -2.57. The van der Waals surface area contributed by atoms with Gasteiger partial charge in [0.05, 0.1) is 0 Å². The average Bonchev–Trinajstić information content (AvgIpc) is 3.06. The molecule has 0 spiro atoms. The molecule has 0 bridgehead atoms. The summed E-state index contributed by atoms with van der Waals surface area (Å²) in [5.74, 6) is 0.573. The van der Waals surface area contributed by atoms with Crippen molar-refractivity contribution in [3.8, 4) is 5.75 Å². The Balaban J connectivity index is 1.54. The van der Waals surface area contributed by atoms with Gasteiger partial charge in [-0.1, -0.05) is 0 Å². The van der Waals surface area contributed by atoms with Crippen LogP contribution in [0.5, 0.6) is 5.75 Å². The van der Waals surface area contributed by atoms with E-state index >= 15 is 0 Å². The number of ether oxygens (including phenoxy) is 1. The zero-order chi connectivity index (χ0) is 19.6. The van der Waals surface area contributed by atoms with Gasteiger partial charge in [0, 0.05) is 38.2 Å². The second kappa shape index (κ2) is 7.58. The molecule has 1 unspecified atom stereocenters. The topological polar surface area (TPSA) is 79.0 Å². The van der Waals surface area contributed by atoms with E-state index in [1.807, 2.05) is 20.8 Å². The van der Waals surface area contributed by atoms with E-state index in [4.69, 9.17) is 4.74 Å². The number of nitrogens with zero attached hydrogens (tertiary/aromatic N) is 2. The fourth-order valence-electron chi connectivity index (χ4n) is 3.35. The van der Waals surface area contributed by atoms with Crippen molar-refractivity contribution < 1.29 is 19.1 Å². The summed E-state index contributed by atoms with van der Waals surface area (Å²) < 4.78 is 5.78. The Morgan fingerprint density at radius 2 is 1.63 bits per heavy atom. The van der Waals surface area contributed by atoms with Crippen LogP contribution >= 0.6 is 0 Å². The van der Waals surface area contributed by atoms with Crippen molar-refractivity contribution in [2.75, 3.05) is 26.2 Å². The van der Waals surface area contributed by atoms with E-state index in [0.29, 0.717) is 44.6 Å². The molecule has 3 amide bonds. The normalized spacial score (nSPS) is 20.4. The zero-order valence-corrected chi connectivity index (χ0v) is 16.2. The number of amides is 3. The van der Waals surface area contributed by atoms with Gasteiger partial charge in [-0.2, -0.15) is 0 Å². The molecule has 0 saturated carbocycles. The number of hydrogen-bond donors (Lipinski definition) is 1. The van der Waals surface area contributed by atoms with Gasteiger partial charge < -0.3 is 19.9 Å². The lowest BCUT2D eigenvalue weighted by atomic mass is 10.1. The SMILES string of the molecule is CC(C)(C)Oc1ccc(C(=O)N2CCN(C(=O)C3CCC(=O)N3)CC2)cc1. The van der Waals surface area contributed by atoms with E-state index in [1.165, 1.54) is 0 Å². The maximum absolute atomic E-state index is 12.7. The molecule has 2 aliphatic heterocycles. The first-order valence-corrected chi connectivity index (χ1v) is 9.39. The summed E-state index contributed by atoms with van der Waals surface area (Å²) in [5.41, 5.74) is 0.326. The van der Waals surface area contributed by atoms with Crippen LogP contribution in [0.2, 0.25) is 0 Å². The highest BCUT2D eigenvalue weighted by Crippen LogP contribution is 2.20. The van der Waals surface area contributed by atoms with E-state index in [2.05, 4.69) is 5.32 Å². The van der Waals surface area contributed by atoms with Crippen LogP contribution in [0.4, 0.5) is 0 Å². The van der Waals surface area contributed by atoms with Crippen molar-refractivity contribution in [1.29, 1.82) is 0 Å². The Morgan fingerprint density at radius 3 is 2.15 bits per heavy atom. The van der Waals surface area contributed by atoms with Gasteiger partial charge in [0.1, 0.15) is 17.4 Å². The quantitative estimate of drug-likeness (QED) is 0.869. The lowest BCUT2D eigenvalue weighted by molar-refractivity contribution is -0.135. The fraction of sp³-hybridized carbons (Fsp3) is 0.550. The summed E-state index contributed by atoms with van der Waals surface area (Å²) in [6.45, 7) is 7.89. The summed E-state index contributed by atoms with van der Waals surface area (Å²) in [6.07, 6.45) is 0.962. The largest absolute Gasteiger partial charge is 0.488 e. The number of benzene rings is 1.